The molecule has 0 spiro atoms. The highest BCUT2D eigenvalue weighted by atomic mass is 32.1. The number of rotatable bonds is 5. The predicted octanol–water partition coefficient (Wildman–Crippen LogP) is 2.10. The average molecular weight is 311 g/mol. The van der Waals surface area contributed by atoms with E-state index in [1.54, 1.807) is 0 Å². The maximum absolute atomic E-state index is 11.9. The Morgan fingerprint density at radius 2 is 2.00 bits per heavy atom. The van der Waals surface area contributed by atoms with Gasteiger partial charge in [-0.3, -0.25) is 9.59 Å². The van der Waals surface area contributed by atoms with E-state index >= 15 is 0 Å². The summed E-state index contributed by atoms with van der Waals surface area (Å²) < 4.78 is 0. The zero-order chi connectivity index (χ0) is 15.7. The molecule has 0 radical (unpaired) electrons. The molecule has 7 heteroatoms. The Hall–Kier alpha value is -1.50. The van der Waals surface area contributed by atoms with E-state index in [0.717, 1.165) is 16.4 Å². The molecule has 0 saturated heterocycles. The molecule has 116 valence electrons. The monoisotopic (exact) mass is 311 g/mol. The van der Waals surface area contributed by atoms with Crippen molar-refractivity contribution in [2.75, 3.05) is 0 Å². The van der Waals surface area contributed by atoms with Crippen LogP contribution in [0, 0.1) is 5.41 Å². The number of hydrogen-bond donors (Lipinski definition) is 2. The molecule has 1 fully saturated rings. The molecule has 1 aliphatic carbocycles. The van der Waals surface area contributed by atoms with Crippen LogP contribution in [-0.2, 0) is 21.5 Å². The van der Waals surface area contributed by atoms with Gasteiger partial charge in [-0.15, -0.1) is 10.2 Å². The third-order valence-electron chi connectivity index (χ3n) is 3.81. The lowest BCUT2D eigenvalue weighted by Crippen LogP contribution is -2.42. The van der Waals surface area contributed by atoms with E-state index in [1.807, 2.05) is 0 Å². The number of aromatic nitrogens is 2. The molecule has 1 aromatic rings. The van der Waals surface area contributed by atoms with Crippen molar-refractivity contribution in [1.82, 2.24) is 15.5 Å². The van der Waals surface area contributed by atoms with E-state index < -0.39 is 11.4 Å². The molecule has 2 rings (SSSR count). The molecule has 1 saturated carbocycles. The van der Waals surface area contributed by atoms with E-state index in [4.69, 9.17) is 0 Å². The SMILES string of the molecule is CC(C)(C)c1nnc(CNC(=O)CC2(C(=O)O)CCC2)s1. The zero-order valence-electron chi connectivity index (χ0n) is 12.6. The molecule has 21 heavy (non-hydrogen) atoms. The van der Waals surface area contributed by atoms with Gasteiger partial charge in [0.1, 0.15) is 10.0 Å². The van der Waals surface area contributed by atoms with E-state index in [9.17, 15) is 14.7 Å². The van der Waals surface area contributed by atoms with E-state index in [1.165, 1.54) is 11.3 Å². The van der Waals surface area contributed by atoms with Crippen LogP contribution < -0.4 is 5.32 Å². The van der Waals surface area contributed by atoms with Gasteiger partial charge in [0.05, 0.1) is 12.0 Å². The second-order valence-corrected chi connectivity index (χ2v) is 7.71. The van der Waals surface area contributed by atoms with E-state index in [-0.39, 0.29) is 17.7 Å². The van der Waals surface area contributed by atoms with Crippen molar-refractivity contribution in [3.63, 3.8) is 0 Å². The standard InChI is InChI=1S/C14H21N3O3S/c1-13(2,3)11-17-16-10(21-11)8-15-9(18)7-14(12(19)20)5-4-6-14/h4-8H2,1-3H3,(H,15,18)(H,19,20). The van der Waals surface area contributed by atoms with Crippen molar-refractivity contribution >= 4 is 23.2 Å². The van der Waals surface area contributed by atoms with Gasteiger partial charge in [-0.1, -0.05) is 38.5 Å². The van der Waals surface area contributed by atoms with Gasteiger partial charge in [0.25, 0.3) is 0 Å². The first-order valence-corrected chi connectivity index (χ1v) is 7.88. The van der Waals surface area contributed by atoms with Crippen molar-refractivity contribution in [1.29, 1.82) is 0 Å². The number of hydrogen-bond acceptors (Lipinski definition) is 5. The van der Waals surface area contributed by atoms with Gasteiger partial charge in [0.15, 0.2) is 0 Å². The fourth-order valence-electron chi connectivity index (χ4n) is 2.24. The Kier molecular flexibility index (Phi) is 4.32. The molecule has 1 heterocycles. The lowest BCUT2D eigenvalue weighted by molar-refractivity contribution is -0.157. The van der Waals surface area contributed by atoms with Crippen LogP contribution >= 0.6 is 11.3 Å². The van der Waals surface area contributed by atoms with Crippen LogP contribution in [0.2, 0.25) is 0 Å². The Labute approximate surface area is 128 Å². The fraction of sp³-hybridized carbons (Fsp3) is 0.714. The maximum Gasteiger partial charge on any atom is 0.310 e. The highest BCUT2D eigenvalue weighted by Gasteiger charge is 2.45. The lowest BCUT2D eigenvalue weighted by Gasteiger charge is -2.36. The summed E-state index contributed by atoms with van der Waals surface area (Å²) in [6, 6.07) is 0. The summed E-state index contributed by atoms with van der Waals surface area (Å²) in [5.74, 6) is -1.10. The number of amides is 1. The summed E-state index contributed by atoms with van der Waals surface area (Å²) in [4.78, 5) is 23.1. The highest BCUT2D eigenvalue weighted by Crippen LogP contribution is 2.44. The first-order valence-electron chi connectivity index (χ1n) is 7.06. The quantitative estimate of drug-likeness (QED) is 0.868. The molecule has 0 aromatic carbocycles. The molecular formula is C14H21N3O3S. The molecule has 2 N–H and O–H groups in total. The first kappa shape index (κ1) is 15.9. The van der Waals surface area contributed by atoms with Crippen LogP contribution in [0.5, 0.6) is 0 Å². The van der Waals surface area contributed by atoms with Crippen molar-refractivity contribution in [3.05, 3.63) is 10.0 Å². The van der Waals surface area contributed by atoms with Crippen LogP contribution in [0.4, 0.5) is 0 Å². The average Bonchev–Trinajstić information content (AvgIpc) is 2.79. The van der Waals surface area contributed by atoms with Crippen molar-refractivity contribution < 1.29 is 14.7 Å². The van der Waals surface area contributed by atoms with Gasteiger partial charge >= 0.3 is 5.97 Å². The van der Waals surface area contributed by atoms with E-state index in [0.29, 0.717) is 19.4 Å². The largest absolute Gasteiger partial charge is 0.481 e. The van der Waals surface area contributed by atoms with Crippen molar-refractivity contribution in [2.24, 2.45) is 5.41 Å². The smallest absolute Gasteiger partial charge is 0.310 e. The minimum atomic E-state index is -0.866. The third-order valence-corrected chi connectivity index (χ3v) is 5.16. The summed E-state index contributed by atoms with van der Waals surface area (Å²) in [5.41, 5.74) is -0.902. The molecule has 1 aliphatic rings. The Balaban J connectivity index is 1.87. The number of carboxylic acids is 1. The number of nitrogens with zero attached hydrogens (tertiary/aromatic N) is 2. The van der Waals surface area contributed by atoms with E-state index in [2.05, 4.69) is 36.3 Å². The Bertz CT molecular complexity index is 544. The van der Waals surface area contributed by atoms with Crippen LogP contribution in [-0.4, -0.2) is 27.2 Å². The van der Waals surface area contributed by atoms with Gasteiger partial charge in [-0.2, -0.15) is 0 Å². The van der Waals surface area contributed by atoms with Crippen molar-refractivity contribution in [3.8, 4) is 0 Å². The minimum Gasteiger partial charge on any atom is -0.481 e. The number of carboxylic acid groups (broad SMARTS) is 1. The van der Waals surface area contributed by atoms with Gasteiger partial charge in [-0.25, -0.2) is 0 Å². The molecule has 1 aromatic heterocycles. The second-order valence-electron chi connectivity index (χ2n) is 6.64. The lowest BCUT2D eigenvalue weighted by atomic mass is 9.66. The third kappa shape index (κ3) is 3.58. The predicted molar refractivity (Wildman–Crippen MR) is 79.0 cm³/mol. The van der Waals surface area contributed by atoms with Crippen LogP contribution in [0.3, 0.4) is 0 Å². The summed E-state index contributed by atoms with van der Waals surface area (Å²) in [6.45, 7) is 6.48. The molecule has 6 nitrogen and oxygen atoms in total. The first-order chi connectivity index (χ1) is 9.73. The van der Waals surface area contributed by atoms with Gasteiger partial charge in [0, 0.05) is 11.8 Å². The van der Waals surface area contributed by atoms with Gasteiger partial charge in [0.2, 0.25) is 5.91 Å². The molecule has 0 atom stereocenters. The Morgan fingerprint density at radius 1 is 1.33 bits per heavy atom. The number of carbonyl (C=O) groups excluding carboxylic acids is 1. The van der Waals surface area contributed by atoms with Crippen LogP contribution in [0.25, 0.3) is 0 Å². The topological polar surface area (TPSA) is 92.2 Å². The number of carbonyl (C=O) groups is 2. The fourth-order valence-corrected chi connectivity index (χ4v) is 3.08. The number of nitrogens with one attached hydrogen (secondary N) is 1. The van der Waals surface area contributed by atoms with Gasteiger partial charge < -0.3 is 10.4 Å². The second kappa shape index (κ2) is 5.71. The summed E-state index contributed by atoms with van der Waals surface area (Å²) >= 11 is 1.47. The molecule has 0 aliphatic heterocycles. The summed E-state index contributed by atoms with van der Waals surface area (Å²) in [6.07, 6.45) is 2.10. The van der Waals surface area contributed by atoms with Crippen LogP contribution in [0.1, 0.15) is 56.5 Å². The van der Waals surface area contributed by atoms with Gasteiger partial charge in [-0.05, 0) is 12.8 Å². The molecule has 1 amide bonds. The molecular weight excluding hydrogens is 290 g/mol. The molecule has 0 bridgehead atoms. The molecule has 0 unspecified atom stereocenters. The zero-order valence-corrected chi connectivity index (χ0v) is 13.4. The summed E-state index contributed by atoms with van der Waals surface area (Å²) in [7, 11) is 0. The normalized spacial score (nSPS) is 17.1. The Morgan fingerprint density at radius 3 is 2.43 bits per heavy atom. The summed E-state index contributed by atoms with van der Waals surface area (Å²) in [5, 5.41) is 21.8. The number of aliphatic carboxylic acids is 1. The highest BCUT2D eigenvalue weighted by molar-refractivity contribution is 7.11. The van der Waals surface area contributed by atoms with Crippen LogP contribution in [0.15, 0.2) is 0 Å². The van der Waals surface area contributed by atoms with Crippen molar-refractivity contribution in [2.45, 2.75) is 58.4 Å². The minimum absolute atomic E-state index is 0.0489. The maximum atomic E-state index is 11.9.